The molecule has 90 valence electrons. The van der Waals surface area contributed by atoms with Crippen LogP contribution in [0.2, 0.25) is 0 Å². The van der Waals surface area contributed by atoms with Gasteiger partial charge in [-0.15, -0.1) is 0 Å². The molecule has 1 N–H and O–H groups in total. The summed E-state index contributed by atoms with van der Waals surface area (Å²) in [7, 11) is 1.64. The third kappa shape index (κ3) is 1.59. The van der Waals surface area contributed by atoms with Crippen molar-refractivity contribution in [1.82, 2.24) is 9.38 Å². The van der Waals surface area contributed by atoms with Gasteiger partial charge in [0.1, 0.15) is 22.8 Å². The smallest absolute Gasteiger partial charge is 0.144 e. The fourth-order valence-electron chi connectivity index (χ4n) is 2.03. The Bertz CT molecular complexity index is 704. The Morgan fingerprint density at radius 1 is 1.22 bits per heavy atom. The van der Waals surface area contributed by atoms with Crippen molar-refractivity contribution in [2.24, 2.45) is 0 Å². The average Bonchev–Trinajstić information content (AvgIpc) is 2.82. The first kappa shape index (κ1) is 10.7. The molecular weight excluding hydrogens is 228 g/mol. The molecule has 0 bridgehead atoms. The number of rotatable bonds is 2. The molecule has 3 rings (SSSR count). The Kier molecular flexibility index (Phi) is 2.41. The van der Waals surface area contributed by atoms with E-state index in [2.05, 4.69) is 4.98 Å². The van der Waals surface area contributed by atoms with Gasteiger partial charge in [0.2, 0.25) is 0 Å². The van der Waals surface area contributed by atoms with Gasteiger partial charge in [0.05, 0.1) is 13.3 Å². The average molecular weight is 240 g/mol. The fourth-order valence-corrected chi connectivity index (χ4v) is 2.03. The van der Waals surface area contributed by atoms with Gasteiger partial charge in [-0.3, -0.25) is 4.40 Å². The Morgan fingerprint density at radius 2 is 2.11 bits per heavy atom. The molecule has 0 saturated heterocycles. The lowest BCUT2D eigenvalue weighted by molar-refractivity contribution is 0.418. The summed E-state index contributed by atoms with van der Waals surface area (Å²) >= 11 is 0. The maximum Gasteiger partial charge on any atom is 0.144 e. The molecule has 4 heteroatoms. The second kappa shape index (κ2) is 4.07. The molecule has 0 fully saturated rings. The summed E-state index contributed by atoms with van der Waals surface area (Å²) in [6.07, 6.45) is 3.68. The maximum atomic E-state index is 9.52. The molecule has 0 aliphatic heterocycles. The number of ether oxygens (including phenoxy) is 1. The SMILES string of the molecule is COc1cccn2c(-c3cccc(O)c3)ncc12. The number of phenolic OH excluding ortho intramolecular Hbond substituents is 1. The van der Waals surface area contributed by atoms with E-state index < -0.39 is 0 Å². The Labute approximate surface area is 104 Å². The van der Waals surface area contributed by atoms with Crippen molar-refractivity contribution in [1.29, 1.82) is 0 Å². The highest BCUT2D eigenvalue weighted by Crippen LogP contribution is 2.26. The van der Waals surface area contributed by atoms with E-state index in [1.165, 1.54) is 0 Å². The number of hydrogen-bond acceptors (Lipinski definition) is 3. The van der Waals surface area contributed by atoms with E-state index in [1.54, 1.807) is 31.5 Å². The summed E-state index contributed by atoms with van der Waals surface area (Å²) < 4.78 is 7.23. The van der Waals surface area contributed by atoms with Crippen LogP contribution < -0.4 is 4.74 Å². The van der Waals surface area contributed by atoms with E-state index in [-0.39, 0.29) is 5.75 Å². The van der Waals surface area contributed by atoms with Crippen LogP contribution in [0.3, 0.4) is 0 Å². The highest BCUT2D eigenvalue weighted by molar-refractivity contribution is 5.68. The quantitative estimate of drug-likeness (QED) is 0.749. The number of phenols is 1. The maximum absolute atomic E-state index is 9.52. The normalized spacial score (nSPS) is 10.7. The van der Waals surface area contributed by atoms with Gasteiger partial charge in [-0.1, -0.05) is 12.1 Å². The molecule has 2 aromatic heterocycles. The van der Waals surface area contributed by atoms with Crippen molar-refractivity contribution in [3.8, 4) is 22.9 Å². The van der Waals surface area contributed by atoms with Gasteiger partial charge >= 0.3 is 0 Å². The van der Waals surface area contributed by atoms with Gasteiger partial charge in [0, 0.05) is 11.8 Å². The molecule has 3 aromatic rings. The van der Waals surface area contributed by atoms with Crippen LogP contribution in [0, 0.1) is 0 Å². The number of pyridine rings is 1. The summed E-state index contributed by atoms with van der Waals surface area (Å²) in [6, 6.07) is 10.8. The lowest BCUT2D eigenvalue weighted by Crippen LogP contribution is -1.91. The third-order valence-electron chi connectivity index (χ3n) is 2.86. The molecule has 0 unspecified atom stereocenters. The number of aromatic nitrogens is 2. The van der Waals surface area contributed by atoms with E-state index in [9.17, 15) is 5.11 Å². The van der Waals surface area contributed by atoms with E-state index in [0.29, 0.717) is 0 Å². The fraction of sp³-hybridized carbons (Fsp3) is 0.0714. The predicted octanol–water partition coefficient (Wildman–Crippen LogP) is 2.72. The number of methoxy groups -OCH3 is 1. The Morgan fingerprint density at radius 3 is 2.89 bits per heavy atom. The zero-order chi connectivity index (χ0) is 12.5. The van der Waals surface area contributed by atoms with Crippen LogP contribution in [0.5, 0.6) is 11.5 Å². The zero-order valence-corrected chi connectivity index (χ0v) is 9.87. The molecular formula is C14H12N2O2. The van der Waals surface area contributed by atoms with E-state index in [0.717, 1.165) is 22.7 Å². The first-order valence-corrected chi connectivity index (χ1v) is 5.59. The van der Waals surface area contributed by atoms with Gasteiger partial charge in [0.15, 0.2) is 0 Å². The van der Waals surface area contributed by atoms with Crippen LogP contribution in [0.15, 0.2) is 48.8 Å². The van der Waals surface area contributed by atoms with Crippen molar-refractivity contribution in [2.75, 3.05) is 7.11 Å². The van der Waals surface area contributed by atoms with Crippen LogP contribution in [0.1, 0.15) is 0 Å². The number of aromatic hydroxyl groups is 1. The number of benzene rings is 1. The van der Waals surface area contributed by atoms with Gasteiger partial charge in [-0.2, -0.15) is 0 Å². The van der Waals surface area contributed by atoms with Crippen LogP contribution in [-0.4, -0.2) is 21.6 Å². The van der Waals surface area contributed by atoms with Crippen molar-refractivity contribution < 1.29 is 9.84 Å². The molecule has 0 amide bonds. The van der Waals surface area contributed by atoms with Crippen LogP contribution in [0.4, 0.5) is 0 Å². The highest BCUT2D eigenvalue weighted by atomic mass is 16.5. The van der Waals surface area contributed by atoms with Crippen LogP contribution in [0.25, 0.3) is 16.9 Å². The second-order valence-electron chi connectivity index (χ2n) is 3.96. The molecule has 0 atom stereocenters. The van der Waals surface area contributed by atoms with Crippen molar-refractivity contribution in [3.63, 3.8) is 0 Å². The van der Waals surface area contributed by atoms with Crippen LogP contribution in [-0.2, 0) is 0 Å². The molecule has 0 aliphatic carbocycles. The van der Waals surface area contributed by atoms with Gasteiger partial charge in [-0.25, -0.2) is 4.98 Å². The molecule has 0 radical (unpaired) electrons. The topological polar surface area (TPSA) is 46.8 Å². The van der Waals surface area contributed by atoms with E-state index >= 15 is 0 Å². The lowest BCUT2D eigenvalue weighted by atomic mass is 10.2. The lowest BCUT2D eigenvalue weighted by Gasteiger charge is -2.04. The number of fused-ring (bicyclic) bond motifs is 1. The first-order chi connectivity index (χ1) is 8.79. The molecule has 18 heavy (non-hydrogen) atoms. The number of imidazole rings is 1. The third-order valence-corrected chi connectivity index (χ3v) is 2.86. The minimum absolute atomic E-state index is 0.229. The molecule has 1 aromatic carbocycles. The number of hydrogen-bond donors (Lipinski definition) is 1. The zero-order valence-electron chi connectivity index (χ0n) is 9.87. The van der Waals surface area contributed by atoms with Crippen molar-refractivity contribution >= 4 is 5.52 Å². The second-order valence-corrected chi connectivity index (χ2v) is 3.96. The van der Waals surface area contributed by atoms with Crippen molar-refractivity contribution in [3.05, 3.63) is 48.8 Å². The summed E-state index contributed by atoms with van der Waals surface area (Å²) in [5.41, 5.74) is 1.77. The summed E-state index contributed by atoms with van der Waals surface area (Å²) in [5.74, 6) is 1.78. The van der Waals surface area contributed by atoms with Gasteiger partial charge in [0.25, 0.3) is 0 Å². The molecule has 0 spiro atoms. The van der Waals surface area contributed by atoms with Gasteiger partial charge < -0.3 is 9.84 Å². The summed E-state index contributed by atoms with van der Waals surface area (Å²) in [5, 5.41) is 9.52. The largest absolute Gasteiger partial charge is 0.508 e. The monoisotopic (exact) mass is 240 g/mol. The molecule has 0 aliphatic rings. The molecule has 0 saturated carbocycles. The minimum Gasteiger partial charge on any atom is -0.508 e. The number of nitrogens with zero attached hydrogens (tertiary/aromatic N) is 2. The summed E-state index contributed by atoms with van der Waals surface area (Å²) in [4.78, 5) is 4.39. The van der Waals surface area contributed by atoms with Gasteiger partial charge in [-0.05, 0) is 24.3 Å². The standard InChI is InChI=1S/C14H12N2O2/c1-18-13-6-3-7-16-12(13)9-15-14(16)10-4-2-5-11(17)8-10/h2-9,17H,1H3. The Hall–Kier alpha value is -2.49. The van der Waals surface area contributed by atoms with Crippen LogP contribution >= 0.6 is 0 Å². The first-order valence-electron chi connectivity index (χ1n) is 5.59. The van der Waals surface area contributed by atoms with E-state index in [1.807, 2.05) is 28.8 Å². The minimum atomic E-state index is 0.229. The predicted molar refractivity (Wildman–Crippen MR) is 68.8 cm³/mol. The summed E-state index contributed by atoms with van der Waals surface area (Å²) in [6.45, 7) is 0. The Balaban J connectivity index is 2.25. The molecule has 2 heterocycles. The van der Waals surface area contributed by atoms with Crippen molar-refractivity contribution in [2.45, 2.75) is 0 Å². The molecule has 4 nitrogen and oxygen atoms in total. The highest BCUT2D eigenvalue weighted by Gasteiger charge is 2.09. The van der Waals surface area contributed by atoms with E-state index in [4.69, 9.17) is 4.74 Å².